The molecule has 0 saturated heterocycles. The van der Waals surface area contributed by atoms with Crippen molar-refractivity contribution in [3.8, 4) is 11.5 Å². The summed E-state index contributed by atoms with van der Waals surface area (Å²) in [6.07, 6.45) is 0.889. The highest BCUT2D eigenvalue weighted by Crippen LogP contribution is 2.49. The van der Waals surface area contributed by atoms with Gasteiger partial charge in [-0.05, 0) is 42.7 Å². The van der Waals surface area contributed by atoms with Crippen LogP contribution in [0.2, 0.25) is 0 Å². The first-order valence-corrected chi connectivity index (χ1v) is 9.59. The Labute approximate surface area is 167 Å². The molecule has 0 unspecified atom stereocenters. The summed E-state index contributed by atoms with van der Waals surface area (Å²) in [7, 11) is 0. The molecule has 1 aliphatic heterocycles. The zero-order valence-corrected chi connectivity index (χ0v) is 15.8. The van der Waals surface area contributed by atoms with Crippen LogP contribution in [0.1, 0.15) is 47.1 Å². The van der Waals surface area contributed by atoms with Crippen LogP contribution < -0.4 is 5.32 Å². The molecule has 0 amide bonds. The van der Waals surface area contributed by atoms with Crippen molar-refractivity contribution in [2.24, 2.45) is 0 Å². The smallest absolute Gasteiger partial charge is 0.233 e. The molecule has 6 heteroatoms. The van der Waals surface area contributed by atoms with E-state index in [1.807, 2.05) is 25.1 Å². The van der Waals surface area contributed by atoms with Gasteiger partial charge in [0, 0.05) is 29.5 Å². The number of ketones is 1. The largest absolute Gasteiger partial charge is 0.508 e. The van der Waals surface area contributed by atoms with E-state index in [1.165, 1.54) is 0 Å². The molecule has 0 radical (unpaired) electrons. The van der Waals surface area contributed by atoms with Crippen LogP contribution in [0.3, 0.4) is 0 Å². The summed E-state index contributed by atoms with van der Waals surface area (Å²) < 4.78 is 5.50. The van der Waals surface area contributed by atoms with Crippen LogP contribution in [0, 0.1) is 6.92 Å². The zero-order valence-electron chi connectivity index (χ0n) is 15.8. The molecular weight excluding hydrogens is 368 g/mol. The molecule has 146 valence electrons. The number of para-hydroxylation sites is 1. The molecule has 1 aliphatic carbocycles. The molecule has 6 nitrogen and oxygen atoms in total. The second kappa shape index (κ2) is 6.51. The third-order valence-corrected chi connectivity index (χ3v) is 5.84. The number of phenols is 2. The Morgan fingerprint density at radius 3 is 2.72 bits per heavy atom. The lowest BCUT2D eigenvalue weighted by molar-refractivity contribution is -0.116. The van der Waals surface area contributed by atoms with Crippen molar-refractivity contribution in [1.82, 2.24) is 5.16 Å². The number of carbonyl (C=O) groups excluding carboxylic acids is 1. The number of anilines is 1. The molecule has 0 saturated carbocycles. The Bertz CT molecular complexity index is 1160. The number of phenolic OH excluding ortho intramolecular Hbond substituents is 2. The van der Waals surface area contributed by atoms with Gasteiger partial charge in [-0.2, -0.15) is 0 Å². The number of aryl methyl sites for hydroxylation is 1. The van der Waals surface area contributed by atoms with E-state index in [4.69, 9.17) is 4.52 Å². The van der Waals surface area contributed by atoms with E-state index in [0.29, 0.717) is 30.0 Å². The molecule has 0 spiro atoms. The predicted octanol–water partition coefficient (Wildman–Crippen LogP) is 4.35. The number of nitrogens with one attached hydrogen (secondary N) is 1. The minimum Gasteiger partial charge on any atom is -0.508 e. The van der Waals surface area contributed by atoms with Crippen molar-refractivity contribution in [3.63, 3.8) is 0 Å². The molecule has 5 rings (SSSR count). The van der Waals surface area contributed by atoms with E-state index in [-0.39, 0.29) is 29.1 Å². The van der Waals surface area contributed by atoms with Gasteiger partial charge in [-0.1, -0.05) is 35.5 Å². The number of Topliss-reactive ketones (excluding diaryl/α,β-unsaturated/α-hetero) is 1. The highest BCUT2D eigenvalue weighted by Gasteiger charge is 2.41. The minimum absolute atomic E-state index is 0.0200. The molecule has 0 fully saturated rings. The average Bonchev–Trinajstić information content (AvgIpc) is 3.07. The number of aromatic nitrogens is 1. The van der Waals surface area contributed by atoms with Gasteiger partial charge >= 0.3 is 0 Å². The summed E-state index contributed by atoms with van der Waals surface area (Å²) in [5.41, 5.74) is 4.59. The summed E-state index contributed by atoms with van der Waals surface area (Å²) in [5, 5.41) is 27.6. The van der Waals surface area contributed by atoms with Crippen molar-refractivity contribution in [2.75, 3.05) is 5.32 Å². The molecule has 2 aliphatic rings. The van der Waals surface area contributed by atoms with Crippen LogP contribution >= 0.6 is 0 Å². The number of hydrogen-bond acceptors (Lipinski definition) is 6. The van der Waals surface area contributed by atoms with Crippen molar-refractivity contribution in [3.05, 3.63) is 82.2 Å². The summed E-state index contributed by atoms with van der Waals surface area (Å²) in [6.45, 7) is 1.85. The average molecular weight is 388 g/mol. The standard InChI is InChI=1S/C23H20N2O4/c1-12-20-21(13-5-4-6-15(26)9-13)22-17(24-23(20)29-25-12)10-14(11-19(22)28)16-7-2-3-8-18(16)27/h2-9,14,21,24,26-27H,10-11H2,1H3/t14-,21-/m0/s1. The number of benzene rings is 2. The summed E-state index contributed by atoms with van der Waals surface area (Å²) >= 11 is 0. The molecule has 3 N–H and O–H groups in total. The molecular formula is C23H20N2O4. The second-order valence-corrected chi connectivity index (χ2v) is 7.64. The molecule has 0 bridgehead atoms. The lowest BCUT2D eigenvalue weighted by Gasteiger charge is -2.34. The van der Waals surface area contributed by atoms with E-state index < -0.39 is 0 Å². The third kappa shape index (κ3) is 2.79. The van der Waals surface area contributed by atoms with Crippen LogP contribution in [0.25, 0.3) is 0 Å². The number of fused-ring (bicyclic) bond motifs is 1. The summed E-state index contributed by atoms with van der Waals surface area (Å²) in [5.74, 6) is 0.426. The highest BCUT2D eigenvalue weighted by atomic mass is 16.5. The number of rotatable bonds is 2. The van der Waals surface area contributed by atoms with Crippen molar-refractivity contribution in [2.45, 2.75) is 31.6 Å². The molecule has 2 aromatic carbocycles. The van der Waals surface area contributed by atoms with Crippen molar-refractivity contribution < 1.29 is 19.5 Å². The predicted molar refractivity (Wildman–Crippen MR) is 107 cm³/mol. The van der Waals surface area contributed by atoms with Crippen LogP contribution in [0.15, 0.2) is 64.3 Å². The number of allylic oxidation sites excluding steroid dienone is 2. The Morgan fingerprint density at radius 2 is 1.93 bits per heavy atom. The van der Waals surface area contributed by atoms with Crippen molar-refractivity contribution in [1.29, 1.82) is 0 Å². The molecule has 2 heterocycles. The Morgan fingerprint density at radius 1 is 1.10 bits per heavy atom. The molecule has 1 aromatic heterocycles. The van der Waals surface area contributed by atoms with Gasteiger partial charge in [0.2, 0.25) is 5.88 Å². The van der Waals surface area contributed by atoms with Crippen LogP contribution in [-0.2, 0) is 4.79 Å². The van der Waals surface area contributed by atoms with E-state index in [0.717, 1.165) is 22.4 Å². The maximum atomic E-state index is 13.3. The van der Waals surface area contributed by atoms with E-state index in [1.54, 1.807) is 30.3 Å². The van der Waals surface area contributed by atoms with Crippen LogP contribution in [0.4, 0.5) is 5.88 Å². The van der Waals surface area contributed by atoms with Gasteiger partial charge in [0.25, 0.3) is 0 Å². The van der Waals surface area contributed by atoms with Crippen LogP contribution in [-0.4, -0.2) is 21.2 Å². The van der Waals surface area contributed by atoms with E-state index in [9.17, 15) is 15.0 Å². The normalized spacial score (nSPS) is 20.8. The van der Waals surface area contributed by atoms with Gasteiger partial charge in [-0.15, -0.1) is 0 Å². The number of aromatic hydroxyl groups is 2. The van der Waals surface area contributed by atoms with Gasteiger partial charge < -0.3 is 20.1 Å². The zero-order chi connectivity index (χ0) is 20.1. The Hall–Kier alpha value is -3.54. The lowest BCUT2D eigenvalue weighted by Crippen LogP contribution is -2.29. The van der Waals surface area contributed by atoms with Crippen LogP contribution in [0.5, 0.6) is 11.5 Å². The highest BCUT2D eigenvalue weighted by molar-refractivity contribution is 6.01. The molecule has 3 aromatic rings. The fraction of sp³-hybridized carbons (Fsp3) is 0.217. The first-order valence-electron chi connectivity index (χ1n) is 9.59. The topological polar surface area (TPSA) is 95.6 Å². The van der Waals surface area contributed by atoms with Gasteiger partial charge in [-0.25, -0.2) is 0 Å². The quantitative estimate of drug-likeness (QED) is 0.604. The fourth-order valence-corrected chi connectivity index (χ4v) is 4.56. The van der Waals surface area contributed by atoms with Gasteiger partial charge in [0.1, 0.15) is 11.5 Å². The molecule has 29 heavy (non-hydrogen) atoms. The van der Waals surface area contributed by atoms with E-state index in [2.05, 4.69) is 10.5 Å². The maximum Gasteiger partial charge on any atom is 0.233 e. The number of hydrogen-bond donors (Lipinski definition) is 3. The Balaban J connectivity index is 1.64. The van der Waals surface area contributed by atoms with Gasteiger partial charge in [0.05, 0.1) is 11.3 Å². The first kappa shape index (κ1) is 17.6. The van der Waals surface area contributed by atoms with E-state index >= 15 is 0 Å². The monoisotopic (exact) mass is 388 g/mol. The number of carbonyl (C=O) groups is 1. The third-order valence-electron chi connectivity index (χ3n) is 5.84. The lowest BCUT2D eigenvalue weighted by atomic mass is 9.72. The Kier molecular flexibility index (Phi) is 3.94. The SMILES string of the molecule is Cc1noc2c1[C@H](c1cccc(O)c1)C1=C(C[C@H](c3ccccc3O)CC1=O)N2. The maximum absolute atomic E-state index is 13.3. The number of nitrogens with zero attached hydrogens (tertiary/aromatic N) is 1. The molecule has 2 atom stereocenters. The summed E-state index contributed by atoms with van der Waals surface area (Å²) in [4.78, 5) is 13.3. The summed E-state index contributed by atoms with van der Waals surface area (Å²) in [6, 6.07) is 14.1. The minimum atomic E-state index is -0.350. The van der Waals surface area contributed by atoms with Crippen molar-refractivity contribution >= 4 is 11.7 Å². The first-order chi connectivity index (χ1) is 14.0. The van der Waals surface area contributed by atoms with Gasteiger partial charge in [-0.3, -0.25) is 4.79 Å². The van der Waals surface area contributed by atoms with Gasteiger partial charge in [0.15, 0.2) is 5.78 Å². The second-order valence-electron chi connectivity index (χ2n) is 7.64. The fourth-order valence-electron chi connectivity index (χ4n) is 4.56.